The third-order valence-corrected chi connectivity index (χ3v) is 5.87. The molecule has 2 aromatic rings. The van der Waals surface area contributed by atoms with Crippen LogP contribution in [0.25, 0.3) is 0 Å². The minimum atomic E-state index is 0.285. The third kappa shape index (κ3) is 2.64. The molecule has 1 aliphatic carbocycles. The quantitative estimate of drug-likeness (QED) is 0.573. The van der Waals surface area contributed by atoms with Crippen molar-refractivity contribution in [2.45, 2.75) is 38.1 Å². The molecule has 2 aliphatic rings. The molecule has 0 amide bonds. The monoisotopic (exact) mass is 357 g/mol. The van der Waals surface area contributed by atoms with Crippen LogP contribution in [-0.4, -0.2) is 0 Å². The predicted octanol–water partition coefficient (Wildman–Crippen LogP) is 6.94. The molecule has 1 heterocycles. The number of allylic oxidation sites excluding steroid dienone is 2. The first-order valence-corrected chi connectivity index (χ1v) is 9.32. The van der Waals surface area contributed by atoms with Crippen LogP contribution in [0.3, 0.4) is 0 Å². The standard InChI is InChI=1S/C21H21Cl2N/c1-12(2)13-6-8-14(9-7-13)21-17-5-3-4-16(17)20-18(23)10-15(22)11-19(20)24-21/h3-4,6-12,16-17,21,24H,5H2,1-2H3. The smallest absolute Gasteiger partial charge is 0.0553 e. The van der Waals surface area contributed by atoms with E-state index >= 15 is 0 Å². The summed E-state index contributed by atoms with van der Waals surface area (Å²) in [5.41, 5.74) is 4.97. The summed E-state index contributed by atoms with van der Waals surface area (Å²) in [6, 6.07) is 13.2. The van der Waals surface area contributed by atoms with E-state index in [1.165, 1.54) is 16.7 Å². The number of hydrogen-bond acceptors (Lipinski definition) is 1. The second-order valence-corrected chi connectivity index (χ2v) is 7.99. The van der Waals surface area contributed by atoms with E-state index in [0.717, 1.165) is 17.1 Å². The predicted molar refractivity (Wildman–Crippen MR) is 103 cm³/mol. The van der Waals surface area contributed by atoms with Crippen molar-refractivity contribution in [3.05, 3.63) is 75.3 Å². The van der Waals surface area contributed by atoms with E-state index in [9.17, 15) is 0 Å². The van der Waals surface area contributed by atoms with Crippen molar-refractivity contribution in [3.8, 4) is 0 Å². The average Bonchev–Trinajstić information content (AvgIpc) is 3.02. The summed E-state index contributed by atoms with van der Waals surface area (Å²) >= 11 is 12.7. The van der Waals surface area contributed by atoms with Gasteiger partial charge < -0.3 is 5.32 Å². The molecule has 1 nitrogen and oxygen atoms in total. The Labute approximate surface area is 153 Å². The van der Waals surface area contributed by atoms with Gasteiger partial charge in [0.25, 0.3) is 0 Å². The topological polar surface area (TPSA) is 12.0 Å². The average molecular weight is 358 g/mol. The molecule has 124 valence electrons. The Kier molecular flexibility index (Phi) is 4.10. The van der Waals surface area contributed by atoms with E-state index in [0.29, 0.717) is 22.8 Å². The minimum absolute atomic E-state index is 0.285. The van der Waals surface area contributed by atoms with Crippen LogP contribution in [-0.2, 0) is 0 Å². The van der Waals surface area contributed by atoms with Crippen LogP contribution < -0.4 is 5.32 Å². The highest BCUT2D eigenvalue weighted by Crippen LogP contribution is 2.52. The fraction of sp³-hybridized carbons (Fsp3) is 0.333. The van der Waals surface area contributed by atoms with Gasteiger partial charge in [-0.25, -0.2) is 0 Å². The Hall–Kier alpha value is -1.44. The molecule has 0 saturated heterocycles. The molecule has 0 spiro atoms. The zero-order valence-corrected chi connectivity index (χ0v) is 15.4. The SMILES string of the molecule is CC(C)c1ccc(C2Nc3cc(Cl)cc(Cl)c3C3C=CCC32)cc1. The lowest BCUT2D eigenvalue weighted by Crippen LogP contribution is -2.29. The summed E-state index contributed by atoms with van der Waals surface area (Å²) in [6.07, 6.45) is 5.67. The highest BCUT2D eigenvalue weighted by molar-refractivity contribution is 6.35. The number of fused-ring (bicyclic) bond motifs is 3. The number of anilines is 1. The molecule has 2 aromatic carbocycles. The fourth-order valence-electron chi connectivity index (χ4n) is 4.06. The maximum Gasteiger partial charge on any atom is 0.0553 e. The molecule has 3 atom stereocenters. The van der Waals surface area contributed by atoms with Crippen LogP contribution >= 0.6 is 23.2 Å². The lowest BCUT2D eigenvalue weighted by molar-refractivity contribution is 0.425. The van der Waals surface area contributed by atoms with Crippen LogP contribution in [0.5, 0.6) is 0 Å². The van der Waals surface area contributed by atoms with Gasteiger partial charge in [-0.1, -0.05) is 73.5 Å². The lowest BCUT2D eigenvalue weighted by Gasteiger charge is -2.38. The van der Waals surface area contributed by atoms with Gasteiger partial charge in [-0.15, -0.1) is 0 Å². The summed E-state index contributed by atoms with van der Waals surface area (Å²) in [6.45, 7) is 4.45. The number of rotatable bonds is 2. The molecular formula is C21H21Cl2N. The molecule has 0 bridgehead atoms. The van der Waals surface area contributed by atoms with Gasteiger partial charge in [0.05, 0.1) is 6.04 Å². The first-order chi connectivity index (χ1) is 11.5. The number of nitrogens with one attached hydrogen (secondary N) is 1. The van der Waals surface area contributed by atoms with Gasteiger partial charge in [-0.3, -0.25) is 0 Å². The summed E-state index contributed by atoms with van der Waals surface area (Å²) in [5.74, 6) is 1.42. The Morgan fingerprint density at radius 3 is 2.54 bits per heavy atom. The number of benzene rings is 2. The maximum atomic E-state index is 6.51. The Morgan fingerprint density at radius 2 is 1.83 bits per heavy atom. The Balaban J connectivity index is 1.75. The molecule has 0 fully saturated rings. The Bertz CT molecular complexity index is 792. The summed E-state index contributed by atoms with van der Waals surface area (Å²) in [4.78, 5) is 0. The lowest BCUT2D eigenvalue weighted by atomic mass is 9.77. The van der Waals surface area contributed by atoms with Crippen LogP contribution in [0, 0.1) is 5.92 Å². The molecule has 24 heavy (non-hydrogen) atoms. The molecule has 0 aromatic heterocycles. The van der Waals surface area contributed by atoms with E-state index in [1.807, 2.05) is 12.1 Å². The molecule has 3 unspecified atom stereocenters. The number of halogens is 2. The van der Waals surface area contributed by atoms with Gasteiger partial charge >= 0.3 is 0 Å². The van der Waals surface area contributed by atoms with E-state index in [1.54, 1.807) is 0 Å². The summed E-state index contributed by atoms with van der Waals surface area (Å²) in [7, 11) is 0. The fourth-order valence-corrected chi connectivity index (χ4v) is 4.68. The maximum absolute atomic E-state index is 6.51. The van der Waals surface area contributed by atoms with E-state index in [2.05, 4.69) is 55.6 Å². The first-order valence-electron chi connectivity index (χ1n) is 8.56. The summed E-state index contributed by atoms with van der Waals surface area (Å²) < 4.78 is 0. The van der Waals surface area contributed by atoms with Gasteiger partial charge in [-0.2, -0.15) is 0 Å². The molecule has 0 radical (unpaired) electrons. The van der Waals surface area contributed by atoms with Crippen molar-refractivity contribution in [2.75, 3.05) is 5.32 Å². The van der Waals surface area contributed by atoms with E-state index in [4.69, 9.17) is 23.2 Å². The molecule has 1 N–H and O–H groups in total. The van der Waals surface area contributed by atoms with Gasteiger partial charge in [0, 0.05) is 27.2 Å². The van der Waals surface area contributed by atoms with Crippen molar-refractivity contribution in [2.24, 2.45) is 5.92 Å². The van der Waals surface area contributed by atoms with Crippen molar-refractivity contribution in [1.29, 1.82) is 0 Å². The van der Waals surface area contributed by atoms with Gasteiger partial charge in [0.2, 0.25) is 0 Å². The second kappa shape index (κ2) is 6.13. The highest BCUT2D eigenvalue weighted by Gasteiger charge is 2.39. The van der Waals surface area contributed by atoms with Crippen LogP contribution in [0.1, 0.15) is 54.8 Å². The van der Waals surface area contributed by atoms with Gasteiger partial charge in [0.15, 0.2) is 0 Å². The molecular weight excluding hydrogens is 337 g/mol. The van der Waals surface area contributed by atoms with E-state index < -0.39 is 0 Å². The number of hydrogen-bond donors (Lipinski definition) is 1. The van der Waals surface area contributed by atoms with E-state index in [-0.39, 0.29) is 6.04 Å². The van der Waals surface area contributed by atoms with Crippen molar-refractivity contribution in [1.82, 2.24) is 0 Å². The minimum Gasteiger partial charge on any atom is -0.378 e. The molecule has 0 saturated carbocycles. The van der Waals surface area contributed by atoms with Crippen LogP contribution in [0.15, 0.2) is 48.6 Å². The normalized spacial score (nSPS) is 24.6. The molecule has 1 aliphatic heterocycles. The molecule has 3 heteroatoms. The van der Waals surface area contributed by atoms with Crippen molar-refractivity contribution < 1.29 is 0 Å². The van der Waals surface area contributed by atoms with Crippen LogP contribution in [0.2, 0.25) is 10.0 Å². The highest BCUT2D eigenvalue weighted by atomic mass is 35.5. The second-order valence-electron chi connectivity index (χ2n) is 7.15. The zero-order chi connectivity index (χ0) is 16.8. The third-order valence-electron chi connectivity index (χ3n) is 5.34. The van der Waals surface area contributed by atoms with Crippen molar-refractivity contribution >= 4 is 28.9 Å². The Morgan fingerprint density at radius 1 is 1.08 bits per heavy atom. The van der Waals surface area contributed by atoms with Crippen molar-refractivity contribution in [3.63, 3.8) is 0 Å². The van der Waals surface area contributed by atoms with Gasteiger partial charge in [0.1, 0.15) is 0 Å². The first kappa shape index (κ1) is 16.1. The summed E-state index contributed by atoms with van der Waals surface area (Å²) in [5, 5.41) is 5.15. The van der Waals surface area contributed by atoms with Gasteiger partial charge in [-0.05, 0) is 41.5 Å². The largest absolute Gasteiger partial charge is 0.378 e. The van der Waals surface area contributed by atoms with Crippen LogP contribution in [0.4, 0.5) is 5.69 Å². The zero-order valence-electron chi connectivity index (χ0n) is 13.9. The molecule has 4 rings (SSSR count).